The van der Waals surface area contributed by atoms with Gasteiger partial charge in [-0.1, -0.05) is 11.6 Å². The number of anilines is 1. The Balaban J connectivity index is 1.82. The van der Waals surface area contributed by atoms with Crippen LogP contribution in [-0.2, 0) is 10.3 Å². The number of rotatable bonds is 5. The lowest BCUT2D eigenvalue weighted by Gasteiger charge is -2.39. The molecule has 1 aliphatic heterocycles. The molecule has 1 aromatic heterocycles. The van der Waals surface area contributed by atoms with Gasteiger partial charge >= 0.3 is 12.3 Å². The first-order chi connectivity index (χ1) is 17.6. The Labute approximate surface area is 218 Å². The molecular weight excluding hydrogens is 542 g/mol. The number of amidine groups is 1. The summed E-state index contributed by atoms with van der Waals surface area (Å²) in [7, 11) is 0. The van der Waals surface area contributed by atoms with E-state index in [1.165, 1.54) is 26.8 Å². The minimum atomic E-state index is -4.87. The molecule has 1 saturated carbocycles. The quantitative estimate of drug-likeness (QED) is 0.399. The first-order valence-electron chi connectivity index (χ1n) is 11.4. The van der Waals surface area contributed by atoms with Crippen molar-refractivity contribution in [3.63, 3.8) is 0 Å². The number of pyridine rings is 1. The summed E-state index contributed by atoms with van der Waals surface area (Å²) in [5.41, 5.74) is -5.21. The average Bonchev–Trinajstić information content (AvgIpc) is 3.56. The van der Waals surface area contributed by atoms with Crippen LogP contribution in [0.5, 0.6) is 0 Å². The van der Waals surface area contributed by atoms with Gasteiger partial charge in [0.15, 0.2) is 11.6 Å². The Morgan fingerprint density at radius 1 is 1.24 bits per heavy atom. The molecule has 38 heavy (non-hydrogen) atoms. The first-order valence-corrected chi connectivity index (χ1v) is 11.8. The molecule has 0 unspecified atom stereocenters. The number of alkyl halides is 5. The van der Waals surface area contributed by atoms with Gasteiger partial charge in [0.1, 0.15) is 11.9 Å². The predicted molar refractivity (Wildman–Crippen MR) is 126 cm³/mol. The van der Waals surface area contributed by atoms with E-state index >= 15 is 4.39 Å². The van der Waals surface area contributed by atoms with Gasteiger partial charge in [-0.05, 0) is 57.5 Å². The second-order valence-electron chi connectivity index (χ2n) is 10.0. The molecule has 4 atom stereocenters. The maximum absolute atomic E-state index is 15.2. The van der Waals surface area contributed by atoms with Crippen LogP contribution in [0.25, 0.3) is 0 Å². The molecule has 2 aromatic rings. The van der Waals surface area contributed by atoms with E-state index in [9.17, 15) is 31.9 Å². The number of aliphatic imine (C=N–C) groups is 1. The fraction of sp³-hybridized carbons (Fsp3) is 0.458. The van der Waals surface area contributed by atoms with Crippen LogP contribution < -0.4 is 5.32 Å². The van der Waals surface area contributed by atoms with Crippen molar-refractivity contribution in [1.29, 1.82) is 0 Å². The molecule has 2 heterocycles. The summed E-state index contributed by atoms with van der Waals surface area (Å²) in [6.07, 6.45) is -9.57. The van der Waals surface area contributed by atoms with Gasteiger partial charge in [-0.25, -0.2) is 27.9 Å². The monoisotopic (exact) mass is 564 g/mol. The number of aromatic nitrogens is 1. The molecule has 1 fully saturated rings. The topological polar surface area (TPSA) is 87.1 Å². The third-order valence-electron chi connectivity index (χ3n) is 6.30. The van der Waals surface area contributed by atoms with Crippen LogP contribution in [0.4, 0.5) is 36.8 Å². The van der Waals surface area contributed by atoms with Gasteiger partial charge in [-0.2, -0.15) is 13.2 Å². The maximum atomic E-state index is 15.2. The highest BCUT2D eigenvalue weighted by Crippen LogP contribution is 2.57. The molecule has 4 rings (SSSR count). The molecule has 0 spiro atoms. The average molecular weight is 565 g/mol. The summed E-state index contributed by atoms with van der Waals surface area (Å²) < 4.78 is 92.0. The molecule has 1 aromatic carbocycles. The number of nitrogens with zero attached hydrogens (tertiary/aromatic N) is 3. The summed E-state index contributed by atoms with van der Waals surface area (Å²) in [6.45, 7) is 4.47. The molecule has 0 saturated heterocycles. The Bertz CT molecular complexity index is 1250. The van der Waals surface area contributed by atoms with Crippen molar-refractivity contribution in [1.82, 2.24) is 9.88 Å². The molecule has 7 nitrogen and oxygen atoms in total. The number of nitrogens with one attached hydrogen (secondary N) is 1. The van der Waals surface area contributed by atoms with E-state index in [2.05, 4.69) is 15.3 Å². The fourth-order valence-electron chi connectivity index (χ4n) is 4.48. The van der Waals surface area contributed by atoms with Crippen molar-refractivity contribution in [2.24, 2.45) is 10.9 Å². The van der Waals surface area contributed by atoms with Gasteiger partial charge in [0.25, 0.3) is 12.4 Å². The van der Waals surface area contributed by atoms with E-state index in [1.807, 2.05) is 0 Å². The van der Waals surface area contributed by atoms with Crippen molar-refractivity contribution in [3.05, 3.63) is 58.6 Å². The largest absolute Gasteiger partial charge is 0.465 e. The van der Waals surface area contributed by atoms with Crippen LogP contribution in [0.3, 0.4) is 0 Å². The Morgan fingerprint density at radius 2 is 1.92 bits per heavy atom. The van der Waals surface area contributed by atoms with Crippen LogP contribution in [0.2, 0.25) is 5.02 Å². The van der Waals surface area contributed by atoms with Gasteiger partial charge in [-0.3, -0.25) is 4.98 Å². The number of fused-ring (bicyclic) bond motifs is 1. The molecule has 14 heteroatoms. The van der Waals surface area contributed by atoms with E-state index in [4.69, 9.17) is 16.3 Å². The van der Waals surface area contributed by atoms with Crippen molar-refractivity contribution in [2.75, 3.05) is 5.32 Å². The third kappa shape index (κ3) is 5.07. The highest BCUT2D eigenvalue weighted by Gasteiger charge is 2.65. The lowest BCUT2D eigenvalue weighted by Crippen LogP contribution is -2.53. The molecular formula is C24H23ClF6N4O3. The van der Waals surface area contributed by atoms with E-state index in [0.717, 1.165) is 30.5 Å². The molecule has 2 N–H and O–H groups in total. The number of hydrogen-bond acceptors (Lipinski definition) is 5. The summed E-state index contributed by atoms with van der Waals surface area (Å²) in [6, 6.07) is 1.81. The van der Waals surface area contributed by atoms with E-state index in [1.54, 1.807) is 0 Å². The molecule has 206 valence electrons. The summed E-state index contributed by atoms with van der Waals surface area (Å²) >= 11 is 5.72. The van der Waals surface area contributed by atoms with Crippen LogP contribution >= 0.6 is 11.6 Å². The maximum Gasteiger partial charge on any atom is 0.415 e. The number of halogens is 7. The number of carboxylic acid groups (broad SMARTS) is 1. The van der Waals surface area contributed by atoms with Crippen molar-refractivity contribution in [2.45, 2.75) is 63.0 Å². The van der Waals surface area contributed by atoms with Crippen LogP contribution in [-0.4, -0.2) is 51.3 Å². The van der Waals surface area contributed by atoms with E-state index < -0.39 is 70.9 Å². The molecule has 1 amide bonds. The SMILES string of the molecule is CC(C)(C)N(C(=O)O)C1=N[C@@](c2cc(N[C@@H](c3ccc(Cl)cn3)C(F)(F)F)ccc2F)(C(F)F)[C@H]2C[C@H]2O1. The van der Waals surface area contributed by atoms with Crippen molar-refractivity contribution >= 4 is 29.4 Å². The molecule has 0 radical (unpaired) electrons. The van der Waals surface area contributed by atoms with Crippen LogP contribution in [0.15, 0.2) is 41.5 Å². The first kappa shape index (κ1) is 27.8. The highest BCUT2D eigenvalue weighted by atomic mass is 35.5. The molecule has 1 aliphatic carbocycles. The van der Waals surface area contributed by atoms with Crippen LogP contribution in [0.1, 0.15) is 44.5 Å². The number of ether oxygens (including phenoxy) is 1. The minimum Gasteiger partial charge on any atom is -0.465 e. The summed E-state index contributed by atoms with van der Waals surface area (Å²) in [5.74, 6) is -2.17. The zero-order chi connectivity index (χ0) is 28.2. The van der Waals surface area contributed by atoms with Gasteiger partial charge < -0.3 is 15.2 Å². The zero-order valence-corrected chi connectivity index (χ0v) is 21.0. The zero-order valence-electron chi connectivity index (χ0n) is 20.2. The van der Waals surface area contributed by atoms with Gasteiger partial charge in [0.2, 0.25) is 0 Å². The number of benzene rings is 1. The molecule has 2 aliphatic rings. The minimum absolute atomic E-state index is 0.0198. The lowest BCUT2D eigenvalue weighted by molar-refractivity contribution is -0.144. The van der Waals surface area contributed by atoms with Gasteiger partial charge in [0.05, 0.1) is 10.7 Å². The number of hydrogen-bond donors (Lipinski definition) is 2. The second kappa shape index (κ2) is 9.51. The second-order valence-corrected chi connectivity index (χ2v) is 10.5. The Hall–Kier alpha value is -3.22. The molecule has 0 bridgehead atoms. The third-order valence-corrected chi connectivity index (χ3v) is 6.53. The van der Waals surface area contributed by atoms with Gasteiger partial charge in [0, 0.05) is 28.9 Å². The smallest absolute Gasteiger partial charge is 0.415 e. The number of carbonyl (C=O) groups is 1. The standard InChI is InChI=1S/C24H23ClF6N4O3/c1-22(2,3)35(21(36)37)20-34-23(19(27)28,14-9-17(14)38-20)13-8-12(5-6-15(13)26)33-18(24(29,30)31)16-7-4-11(25)10-32-16/h4-8,10,14,17-19,33H,9H2,1-3H3,(H,36,37)/t14-,17+,18-,23+/m0/s1. The lowest BCUT2D eigenvalue weighted by atomic mass is 9.84. The fourth-order valence-corrected chi connectivity index (χ4v) is 4.60. The van der Waals surface area contributed by atoms with E-state index in [-0.39, 0.29) is 17.1 Å². The summed E-state index contributed by atoms with van der Waals surface area (Å²) in [4.78, 5) is 20.3. The predicted octanol–water partition coefficient (Wildman–Crippen LogP) is 6.60. The normalized spacial score (nSPS) is 23.7. The van der Waals surface area contributed by atoms with Crippen molar-refractivity contribution < 1.29 is 41.0 Å². The Kier molecular flexibility index (Phi) is 6.96. The highest BCUT2D eigenvalue weighted by molar-refractivity contribution is 6.30. The van der Waals surface area contributed by atoms with E-state index in [0.29, 0.717) is 4.90 Å². The van der Waals surface area contributed by atoms with Gasteiger partial charge in [-0.15, -0.1) is 0 Å². The summed E-state index contributed by atoms with van der Waals surface area (Å²) in [5, 5.41) is 12.0. The Morgan fingerprint density at radius 3 is 2.45 bits per heavy atom. The van der Waals surface area contributed by atoms with Crippen molar-refractivity contribution in [3.8, 4) is 0 Å². The number of amides is 1. The van der Waals surface area contributed by atoms with Crippen LogP contribution in [0, 0.1) is 11.7 Å².